The average Bonchev–Trinajstić information content (AvgIpc) is 3.03. The first kappa shape index (κ1) is 19.0. The zero-order valence-electron chi connectivity index (χ0n) is 14.7. The van der Waals surface area contributed by atoms with Crippen molar-refractivity contribution in [3.63, 3.8) is 0 Å². The Labute approximate surface area is 159 Å². The fourth-order valence-electron chi connectivity index (χ4n) is 2.94. The standard InChI is InChI=1S/C19H18FNO5S/c1-25-19(24)16-13-4-2-3-5-14(13)27-17(16)21-15(22)10-26-18(23)11-6-8-12(20)9-7-11/h6-9H,2-5,10H2,1H3,(H,21,22). The molecule has 1 amide bonds. The van der Waals surface area contributed by atoms with E-state index in [-0.39, 0.29) is 5.56 Å². The molecule has 0 aliphatic heterocycles. The molecular formula is C19H18FNO5S. The number of fused-ring (bicyclic) bond motifs is 1. The fourth-order valence-corrected chi connectivity index (χ4v) is 4.23. The van der Waals surface area contributed by atoms with Crippen molar-refractivity contribution in [1.29, 1.82) is 0 Å². The van der Waals surface area contributed by atoms with E-state index in [1.165, 1.54) is 30.6 Å². The molecule has 0 radical (unpaired) electrons. The van der Waals surface area contributed by atoms with Crippen molar-refractivity contribution in [2.24, 2.45) is 0 Å². The number of rotatable bonds is 5. The number of nitrogens with one attached hydrogen (secondary N) is 1. The molecule has 2 aromatic rings. The van der Waals surface area contributed by atoms with Crippen LogP contribution in [0, 0.1) is 5.82 Å². The number of carbonyl (C=O) groups excluding carboxylic acids is 3. The summed E-state index contributed by atoms with van der Waals surface area (Å²) < 4.78 is 22.7. The van der Waals surface area contributed by atoms with Gasteiger partial charge in [0.05, 0.1) is 18.2 Å². The first-order valence-corrected chi connectivity index (χ1v) is 9.26. The van der Waals surface area contributed by atoms with Crippen LogP contribution in [-0.2, 0) is 27.1 Å². The molecule has 142 valence electrons. The van der Waals surface area contributed by atoms with Gasteiger partial charge in [0.2, 0.25) is 0 Å². The van der Waals surface area contributed by atoms with Gasteiger partial charge in [0.1, 0.15) is 10.8 Å². The van der Waals surface area contributed by atoms with Gasteiger partial charge in [-0.15, -0.1) is 11.3 Å². The summed E-state index contributed by atoms with van der Waals surface area (Å²) in [4.78, 5) is 37.3. The van der Waals surface area contributed by atoms with Crippen molar-refractivity contribution in [2.75, 3.05) is 19.0 Å². The molecule has 6 nitrogen and oxygen atoms in total. The number of esters is 2. The first-order chi connectivity index (χ1) is 13.0. The number of hydrogen-bond donors (Lipinski definition) is 1. The summed E-state index contributed by atoms with van der Waals surface area (Å²) in [7, 11) is 1.30. The van der Waals surface area contributed by atoms with Gasteiger partial charge in [-0.25, -0.2) is 14.0 Å². The number of anilines is 1. The second kappa shape index (κ2) is 8.30. The summed E-state index contributed by atoms with van der Waals surface area (Å²) in [5, 5.41) is 3.05. The average molecular weight is 391 g/mol. The Morgan fingerprint density at radius 1 is 1.11 bits per heavy atom. The van der Waals surface area contributed by atoms with Gasteiger partial charge < -0.3 is 14.8 Å². The fraction of sp³-hybridized carbons (Fsp3) is 0.316. The van der Waals surface area contributed by atoms with Gasteiger partial charge in [-0.2, -0.15) is 0 Å². The predicted octanol–water partition coefficient (Wildman–Crippen LogP) is 3.35. The minimum absolute atomic E-state index is 0.144. The van der Waals surface area contributed by atoms with Crippen molar-refractivity contribution in [2.45, 2.75) is 25.7 Å². The Kier molecular flexibility index (Phi) is 5.85. The van der Waals surface area contributed by atoms with E-state index in [4.69, 9.17) is 9.47 Å². The summed E-state index contributed by atoms with van der Waals surface area (Å²) in [6, 6.07) is 4.82. The third kappa shape index (κ3) is 4.33. The molecule has 1 heterocycles. The topological polar surface area (TPSA) is 81.7 Å². The Morgan fingerprint density at radius 2 is 1.81 bits per heavy atom. The number of ether oxygens (including phenoxy) is 2. The Hall–Kier alpha value is -2.74. The SMILES string of the molecule is COC(=O)c1c(NC(=O)COC(=O)c2ccc(F)cc2)sc2c1CCCC2. The molecule has 1 aromatic carbocycles. The van der Waals surface area contributed by atoms with Crippen molar-refractivity contribution >= 4 is 34.2 Å². The van der Waals surface area contributed by atoms with Crippen LogP contribution in [-0.4, -0.2) is 31.6 Å². The molecule has 0 saturated carbocycles. The van der Waals surface area contributed by atoms with Crippen LogP contribution >= 0.6 is 11.3 Å². The molecule has 1 N–H and O–H groups in total. The van der Waals surface area contributed by atoms with Gasteiger partial charge in [-0.3, -0.25) is 4.79 Å². The smallest absolute Gasteiger partial charge is 0.341 e. The molecule has 1 aliphatic rings. The van der Waals surface area contributed by atoms with Gasteiger partial charge in [-0.1, -0.05) is 0 Å². The van der Waals surface area contributed by atoms with Crippen molar-refractivity contribution in [1.82, 2.24) is 0 Å². The molecule has 27 heavy (non-hydrogen) atoms. The lowest BCUT2D eigenvalue weighted by Crippen LogP contribution is -2.21. The quantitative estimate of drug-likeness (QED) is 0.791. The summed E-state index contributed by atoms with van der Waals surface area (Å²) in [6.07, 6.45) is 3.65. The van der Waals surface area contributed by atoms with Crippen LogP contribution in [0.1, 0.15) is 44.0 Å². The molecule has 1 aliphatic carbocycles. The van der Waals surface area contributed by atoms with Crippen LogP contribution in [0.5, 0.6) is 0 Å². The van der Waals surface area contributed by atoms with Crippen LogP contribution in [0.3, 0.4) is 0 Å². The highest BCUT2D eigenvalue weighted by Gasteiger charge is 2.27. The number of amides is 1. The lowest BCUT2D eigenvalue weighted by Gasteiger charge is -2.11. The molecular weight excluding hydrogens is 373 g/mol. The largest absolute Gasteiger partial charge is 0.465 e. The second-order valence-corrected chi connectivity index (χ2v) is 7.14. The first-order valence-electron chi connectivity index (χ1n) is 8.45. The zero-order chi connectivity index (χ0) is 19.4. The Bertz CT molecular complexity index is 875. The zero-order valence-corrected chi connectivity index (χ0v) is 15.5. The molecule has 0 bridgehead atoms. The third-order valence-electron chi connectivity index (χ3n) is 4.23. The summed E-state index contributed by atoms with van der Waals surface area (Å²) in [6.45, 7) is -0.514. The van der Waals surface area contributed by atoms with Gasteiger partial charge in [0, 0.05) is 4.88 Å². The van der Waals surface area contributed by atoms with Gasteiger partial charge >= 0.3 is 11.9 Å². The van der Waals surface area contributed by atoms with E-state index in [1.54, 1.807) is 0 Å². The van der Waals surface area contributed by atoms with Crippen molar-refractivity contribution < 1.29 is 28.2 Å². The highest BCUT2D eigenvalue weighted by molar-refractivity contribution is 7.17. The minimum Gasteiger partial charge on any atom is -0.465 e. The highest BCUT2D eigenvalue weighted by Crippen LogP contribution is 2.38. The molecule has 0 spiro atoms. The Balaban J connectivity index is 1.67. The lowest BCUT2D eigenvalue weighted by atomic mass is 9.95. The second-order valence-electron chi connectivity index (χ2n) is 6.04. The predicted molar refractivity (Wildman–Crippen MR) is 97.6 cm³/mol. The summed E-state index contributed by atoms with van der Waals surface area (Å²) in [5.74, 6) is -2.26. The molecule has 0 saturated heterocycles. The molecule has 0 unspecified atom stereocenters. The number of carbonyl (C=O) groups is 3. The van der Waals surface area contributed by atoms with E-state index in [0.717, 1.165) is 48.3 Å². The van der Waals surface area contributed by atoms with E-state index in [0.29, 0.717) is 10.6 Å². The molecule has 0 atom stereocenters. The third-order valence-corrected chi connectivity index (χ3v) is 5.44. The van der Waals surface area contributed by atoms with Gasteiger partial charge in [0.25, 0.3) is 5.91 Å². The molecule has 1 aromatic heterocycles. The monoisotopic (exact) mass is 391 g/mol. The number of thiophene rings is 1. The molecule has 0 fully saturated rings. The molecule has 3 rings (SSSR count). The summed E-state index contributed by atoms with van der Waals surface area (Å²) >= 11 is 1.35. The number of halogens is 1. The lowest BCUT2D eigenvalue weighted by molar-refractivity contribution is -0.119. The molecule has 8 heteroatoms. The number of aryl methyl sites for hydroxylation is 1. The van der Waals surface area contributed by atoms with Gasteiger partial charge in [0.15, 0.2) is 6.61 Å². The van der Waals surface area contributed by atoms with E-state index in [1.807, 2.05) is 0 Å². The number of methoxy groups -OCH3 is 1. The minimum atomic E-state index is -0.733. The van der Waals surface area contributed by atoms with Gasteiger partial charge in [-0.05, 0) is 55.5 Å². The Morgan fingerprint density at radius 3 is 2.52 bits per heavy atom. The normalized spacial score (nSPS) is 12.8. The maximum absolute atomic E-state index is 12.9. The van der Waals surface area contributed by atoms with Crippen LogP contribution in [0.15, 0.2) is 24.3 Å². The maximum Gasteiger partial charge on any atom is 0.341 e. The maximum atomic E-state index is 12.9. The number of hydrogen-bond acceptors (Lipinski definition) is 6. The van der Waals surface area contributed by atoms with Crippen molar-refractivity contribution in [3.8, 4) is 0 Å². The van der Waals surface area contributed by atoms with E-state index in [2.05, 4.69) is 5.32 Å². The van der Waals surface area contributed by atoms with Crippen LogP contribution in [0.4, 0.5) is 9.39 Å². The van der Waals surface area contributed by atoms with Crippen molar-refractivity contribution in [3.05, 3.63) is 51.7 Å². The highest BCUT2D eigenvalue weighted by atomic mass is 32.1. The van der Waals surface area contributed by atoms with E-state index in [9.17, 15) is 18.8 Å². The van der Waals surface area contributed by atoms with E-state index >= 15 is 0 Å². The van der Waals surface area contributed by atoms with E-state index < -0.39 is 30.3 Å². The van der Waals surface area contributed by atoms with Crippen LogP contribution in [0.25, 0.3) is 0 Å². The van der Waals surface area contributed by atoms with Crippen LogP contribution in [0.2, 0.25) is 0 Å². The van der Waals surface area contributed by atoms with Crippen LogP contribution < -0.4 is 5.32 Å². The summed E-state index contributed by atoms with van der Waals surface area (Å²) in [5.41, 5.74) is 1.46. The number of benzene rings is 1.